The zero-order valence-electron chi connectivity index (χ0n) is 19.7. The molecule has 26 heavy (non-hydrogen) atoms. The molecule has 0 aliphatic heterocycles. The third-order valence-corrected chi connectivity index (χ3v) is 21.6. The van der Waals surface area contributed by atoms with E-state index < -0.39 is 16.1 Å². The van der Waals surface area contributed by atoms with Crippen molar-refractivity contribution >= 4 is 26.5 Å². The van der Waals surface area contributed by atoms with Gasteiger partial charge in [-0.2, -0.15) is 0 Å². The number of rotatable bonds is 8. The molecule has 2 heteroatoms. The van der Waals surface area contributed by atoms with E-state index in [1.54, 1.807) is 10.4 Å². The van der Waals surface area contributed by atoms with Gasteiger partial charge in [0.1, 0.15) is 0 Å². The predicted octanol–water partition coefficient (Wildman–Crippen LogP) is 7.26. The summed E-state index contributed by atoms with van der Waals surface area (Å²) in [5, 5.41) is 3.32. The lowest BCUT2D eigenvalue weighted by Crippen LogP contribution is -2.60. The molecule has 0 aliphatic carbocycles. The second kappa shape index (κ2) is 8.77. The molecule has 0 spiro atoms. The van der Waals surface area contributed by atoms with Crippen molar-refractivity contribution in [2.75, 3.05) is 0 Å². The lowest BCUT2D eigenvalue weighted by atomic mass is 10.3. The Bertz CT molecular complexity index is 477. The van der Waals surface area contributed by atoms with Crippen LogP contribution in [0.25, 0.3) is 0 Å². The fourth-order valence-corrected chi connectivity index (χ4v) is 20.6. The van der Waals surface area contributed by atoms with Crippen molar-refractivity contribution in [3.05, 3.63) is 24.3 Å². The number of hydrogen-bond acceptors (Lipinski definition) is 0. The summed E-state index contributed by atoms with van der Waals surface area (Å²) in [6.45, 7) is 29.6. The lowest BCUT2D eigenvalue weighted by molar-refractivity contribution is 0.832. The van der Waals surface area contributed by atoms with Crippen LogP contribution < -0.4 is 10.4 Å². The molecule has 1 radical (unpaired) electrons. The van der Waals surface area contributed by atoms with Crippen LogP contribution in [0.3, 0.4) is 0 Å². The Balaban J connectivity index is 3.78. The molecule has 0 saturated heterocycles. The second-order valence-electron chi connectivity index (χ2n) is 10.3. The van der Waals surface area contributed by atoms with Crippen LogP contribution in [0.1, 0.15) is 83.1 Å². The third-order valence-electron chi connectivity index (χ3n) is 7.52. The third kappa shape index (κ3) is 3.65. The summed E-state index contributed by atoms with van der Waals surface area (Å²) >= 11 is 0. The van der Waals surface area contributed by atoms with Crippen molar-refractivity contribution in [2.24, 2.45) is 0 Å². The Morgan fingerprint density at radius 3 is 0.923 bits per heavy atom. The van der Waals surface area contributed by atoms with E-state index in [1.165, 1.54) is 0 Å². The Kier molecular flexibility index (Phi) is 7.99. The molecule has 1 aromatic rings. The summed E-state index contributed by atoms with van der Waals surface area (Å²) in [4.78, 5) is 0. The first-order valence-corrected chi connectivity index (χ1v) is 15.4. The molecule has 0 heterocycles. The molecule has 1 aromatic carbocycles. The largest absolute Gasteiger partial charge is 0.0942 e. The maximum absolute atomic E-state index is 3.64. The SMILES string of the molecule is CC(C)[Si](c1c[c]cc([Si](C(C)C)(C(C)C)C(C)C)c1)(C(C)C)C(C)C. The summed E-state index contributed by atoms with van der Waals surface area (Å²) in [6, 6.07) is 11.0. The molecule has 0 amide bonds. The van der Waals surface area contributed by atoms with Crippen molar-refractivity contribution in [1.82, 2.24) is 0 Å². The molecule has 1 rings (SSSR count). The van der Waals surface area contributed by atoms with Crippen LogP contribution >= 0.6 is 0 Å². The zero-order valence-corrected chi connectivity index (χ0v) is 21.7. The van der Waals surface area contributed by atoms with E-state index in [2.05, 4.69) is 107 Å². The maximum Gasteiger partial charge on any atom is 0.0942 e. The number of benzene rings is 1. The van der Waals surface area contributed by atoms with E-state index in [4.69, 9.17) is 0 Å². The normalized spacial score (nSPS) is 13.9. The summed E-state index contributed by atoms with van der Waals surface area (Å²) in [7, 11) is -3.25. The van der Waals surface area contributed by atoms with Crippen molar-refractivity contribution in [2.45, 2.75) is 116 Å². The van der Waals surface area contributed by atoms with E-state index in [9.17, 15) is 0 Å². The standard InChI is InChI=1S/C24H45Si2/c1-17(2)25(18(3)4,19(5)6)23-14-13-15-24(16-23)26(20(7)8,21(9)10)22(11)12/h14-22H,1-12H3. The molecule has 0 saturated carbocycles. The van der Waals surface area contributed by atoms with E-state index in [0.29, 0.717) is 0 Å². The summed E-state index contributed by atoms with van der Waals surface area (Å²) < 4.78 is 0. The molecular weight excluding hydrogens is 344 g/mol. The molecular formula is C24H45Si2. The monoisotopic (exact) mass is 389 g/mol. The van der Waals surface area contributed by atoms with Gasteiger partial charge in [0.25, 0.3) is 0 Å². The fraction of sp³-hybridized carbons (Fsp3) is 0.750. The van der Waals surface area contributed by atoms with Crippen molar-refractivity contribution in [3.63, 3.8) is 0 Å². The van der Waals surface area contributed by atoms with Gasteiger partial charge < -0.3 is 0 Å². The minimum atomic E-state index is -1.63. The van der Waals surface area contributed by atoms with Crippen molar-refractivity contribution in [1.29, 1.82) is 0 Å². The second-order valence-corrected chi connectivity index (χ2v) is 22.1. The molecule has 0 aromatic heterocycles. The van der Waals surface area contributed by atoms with Gasteiger partial charge in [-0.05, 0) is 39.3 Å². The Morgan fingerprint density at radius 1 is 0.500 bits per heavy atom. The number of hydrogen-bond donors (Lipinski definition) is 0. The predicted molar refractivity (Wildman–Crippen MR) is 127 cm³/mol. The highest BCUT2D eigenvalue weighted by atomic mass is 28.3. The average molecular weight is 390 g/mol. The average Bonchev–Trinajstić information content (AvgIpc) is 2.46. The molecule has 0 unspecified atom stereocenters. The minimum Gasteiger partial charge on any atom is -0.0648 e. The first-order valence-electron chi connectivity index (χ1n) is 10.9. The Morgan fingerprint density at radius 2 is 0.731 bits per heavy atom. The highest BCUT2D eigenvalue weighted by Crippen LogP contribution is 2.43. The first-order chi connectivity index (χ1) is 11.9. The van der Waals surface area contributed by atoms with Gasteiger partial charge in [0.15, 0.2) is 0 Å². The summed E-state index contributed by atoms with van der Waals surface area (Å²) in [6.07, 6.45) is 0. The van der Waals surface area contributed by atoms with E-state index in [0.717, 1.165) is 33.2 Å². The van der Waals surface area contributed by atoms with Gasteiger partial charge in [0.2, 0.25) is 0 Å². The van der Waals surface area contributed by atoms with Gasteiger partial charge >= 0.3 is 0 Å². The molecule has 0 N–H and O–H groups in total. The summed E-state index contributed by atoms with van der Waals surface area (Å²) in [5.74, 6) is 0. The first kappa shape index (κ1) is 23.7. The molecule has 0 bridgehead atoms. The molecule has 149 valence electrons. The van der Waals surface area contributed by atoms with Gasteiger partial charge in [0.05, 0.1) is 16.1 Å². The van der Waals surface area contributed by atoms with Gasteiger partial charge in [-0.25, -0.2) is 0 Å². The Hall–Kier alpha value is -0.346. The minimum absolute atomic E-state index is 0.749. The van der Waals surface area contributed by atoms with Crippen LogP contribution in [0.5, 0.6) is 0 Å². The quantitative estimate of drug-likeness (QED) is 0.410. The molecule has 0 atom stereocenters. The highest BCUT2D eigenvalue weighted by Gasteiger charge is 2.47. The van der Waals surface area contributed by atoms with Crippen LogP contribution in [0, 0.1) is 6.07 Å². The summed E-state index contributed by atoms with van der Waals surface area (Å²) in [5.41, 5.74) is 4.50. The molecule has 0 fully saturated rings. The Labute approximate surface area is 167 Å². The molecule has 0 nitrogen and oxygen atoms in total. The van der Waals surface area contributed by atoms with Crippen LogP contribution in [0.2, 0.25) is 33.2 Å². The van der Waals surface area contributed by atoms with Crippen molar-refractivity contribution in [3.8, 4) is 0 Å². The van der Waals surface area contributed by atoms with Crippen LogP contribution in [-0.4, -0.2) is 16.1 Å². The highest BCUT2D eigenvalue weighted by molar-refractivity contribution is 6.97. The van der Waals surface area contributed by atoms with Gasteiger partial charge in [-0.3, -0.25) is 0 Å². The van der Waals surface area contributed by atoms with Gasteiger partial charge in [0, 0.05) is 0 Å². The van der Waals surface area contributed by atoms with Gasteiger partial charge in [-0.1, -0.05) is 112 Å². The van der Waals surface area contributed by atoms with Crippen LogP contribution in [-0.2, 0) is 0 Å². The maximum atomic E-state index is 3.64. The van der Waals surface area contributed by atoms with Gasteiger partial charge in [-0.15, -0.1) is 0 Å². The lowest BCUT2D eigenvalue weighted by Gasteiger charge is -2.46. The van der Waals surface area contributed by atoms with Crippen LogP contribution in [0.4, 0.5) is 0 Å². The topological polar surface area (TPSA) is 0 Å². The fourth-order valence-electron chi connectivity index (χ4n) is 6.97. The smallest absolute Gasteiger partial charge is 0.0648 e. The van der Waals surface area contributed by atoms with E-state index >= 15 is 0 Å². The molecule has 0 aliphatic rings. The van der Waals surface area contributed by atoms with Crippen LogP contribution in [0.15, 0.2) is 18.2 Å². The van der Waals surface area contributed by atoms with Crippen molar-refractivity contribution < 1.29 is 0 Å². The van der Waals surface area contributed by atoms with E-state index in [-0.39, 0.29) is 0 Å². The van der Waals surface area contributed by atoms with E-state index in [1.807, 2.05) is 0 Å². The zero-order chi connectivity index (χ0) is 20.4.